The predicted octanol–water partition coefficient (Wildman–Crippen LogP) is 1.63. The third kappa shape index (κ3) is 34.4. The molecule has 12 heteroatoms. The van der Waals surface area contributed by atoms with Crippen molar-refractivity contribution >= 4 is 19.8 Å². The van der Waals surface area contributed by atoms with Crippen LogP contribution in [0.5, 0.6) is 0 Å². The number of carboxylic acids is 2. The molecule has 0 aromatic rings. The van der Waals surface area contributed by atoms with Gasteiger partial charge in [0.1, 0.15) is 0 Å². The third-order valence-electron chi connectivity index (χ3n) is 3.82. The lowest BCUT2D eigenvalue weighted by molar-refractivity contribution is -0.165. The summed E-state index contributed by atoms with van der Waals surface area (Å²) in [4.78, 5) is 41.1. The second-order valence-corrected chi connectivity index (χ2v) is 7.72. The Morgan fingerprint density at radius 1 is 0.667 bits per heavy atom. The quantitative estimate of drug-likeness (QED) is 0.129. The van der Waals surface area contributed by atoms with Gasteiger partial charge in [0.2, 0.25) is 0 Å². The maximum atomic E-state index is 9.77. The van der Waals surface area contributed by atoms with Gasteiger partial charge in [-0.3, -0.25) is 0 Å². The van der Waals surface area contributed by atoms with Crippen molar-refractivity contribution in [3.05, 3.63) is 0 Å². The van der Waals surface area contributed by atoms with Gasteiger partial charge in [0, 0.05) is 6.61 Å². The van der Waals surface area contributed by atoms with Crippen LogP contribution in [0.4, 0.5) is 0 Å². The molecule has 0 radical (unpaired) electrons. The third-order valence-corrected chi connectivity index (χ3v) is 3.82. The van der Waals surface area contributed by atoms with E-state index in [0.29, 0.717) is 6.61 Å². The molecule has 0 saturated heterocycles. The van der Waals surface area contributed by atoms with Crippen LogP contribution in [-0.4, -0.2) is 71.0 Å². The molecule has 0 spiro atoms. The lowest BCUT2D eigenvalue weighted by Gasteiger charge is -2.07. The Labute approximate surface area is 177 Å². The lowest BCUT2D eigenvalue weighted by atomic mass is 10.1. The summed E-state index contributed by atoms with van der Waals surface area (Å²) >= 11 is 0. The fraction of sp³-hybridized carbons (Fsp3) is 0.889. The number of carboxylic acid groups (broad SMARTS) is 2. The molecule has 182 valence electrons. The van der Waals surface area contributed by atoms with Crippen LogP contribution >= 0.6 is 7.82 Å². The first-order chi connectivity index (χ1) is 13.9. The average Bonchev–Trinajstić information content (AvgIpc) is 2.64. The number of aliphatic hydroxyl groups excluding tert-OH is 3. The molecular formula is C18H39O11P. The first-order valence-electron chi connectivity index (χ1n) is 10.1. The van der Waals surface area contributed by atoms with Crippen LogP contribution < -0.4 is 0 Å². The van der Waals surface area contributed by atoms with Gasteiger partial charge in [-0.05, 0) is 6.42 Å². The molecule has 0 bridgehead atoms. The zero-order valence-electron chi connectivity index (χ0n) is 17.6. The van der Waals surface area contributed by atoms with E-state index in [1.807, 2.05) is 0 Å². The van der Waals surface area contributed by atoms with E-state index >= 15 is 0 Å². The molecule has 0 fully saturated rings. The van der Waals surface area contributed by atoms with Crippen LogP contribution in [0.15, 0.2) is 0 Å². The molecule has 0 aromatic carbocycles. The minimum atomic E-state index is -4.64. The van der Waals surface area contributed by atoms with Gasteiger partial charge in [0.15, 0.2) is 12.2 Å². The Kier molecular flexibility index (Phi) is 25.3. The molecule has 0 aromatic heterocycles. The van der Waals surface area contributed by atoms with Crippen molar-refractivity contribution in [3.63, 3.8) is 0 Å². The number of aliphatic hydroxyl groups is 3. The maximum Gasteiger partial charge on any atom is 0.466 e. The van der Waals surface area contributed by atoms with Gasteiger partial charge < -0.3 is 40.2 Å². The summed E-state index contributed by atoms with van der Waals surface area (Å²) in [6, 6.07) is 0. The van der Waals surface area contributed by atoms with E-state index in [4.69, 9.17) is 44.8 Å². The van der Waals surface area contributed by atoms with Crippen molar-refractivity contribution in [2.75, 3.05) is 6.61 Å². The molecule has 0 amide bonds. The number of phosphoric acid groups is 1. The van der Waals surface area contributed by atoms with Crippen LogP contribution in [0.2, 0.25) is 0 Å². The van der Waals surface area contributed by atoms with Gasteiger partial charge in [-0.25, -0.2) is 14.2 Å². The topological polar surface area (TPSA) is 213 Å². The minimum Gasteiger partial charge on any atom is -0.479 e. The molecule has 8 N–H and O–H groups in total. The highest BCUT2D eigenvalue weighted by Crippen LogP contribution is 2.25. The maximum absolute atomic E-state index is 9.77. The Bertz CT molecular complexity index is 415. The highest BCUT2D eigenvalue weighted by Gasteiger charge is 2.29. The van der Waals surface area contributed by atoms with E-state index in [1.54, 1.807) is 0 Å². The predicted molar refractivity (Wildman–Crippen MR) is 110 cm³/mol. The smallest absolute Gasteiger partial charge is 0.466 e. The van der Waals surface area contributed by atoms with Crippen molar-refractivity contribution in [1.29, 1.82) is 0 Å². The van der Waals surface area contributed by atoms with Crippen molar-refractivity contribution in [2.24, 2.45) is 0 Å². The van der Waals surface area contributed by atoms with Crippen LogP contribution in [-0.2, 0) is 14.2 Å². The molecule has 30 heavy (non-hydrogen) atoms. The average molecular weight is 462 g/mol. The number of hydrogen-bond acceptors (Lipinski definition) is 6. The first-order valence-corrected chi connectivity index (χ1v) is 11.7. The number of unbranched alkanes of at least 4 members (excludes halogenated alkanes) is 11. The molecule has 0 rings (SSSR count). The standard InChI is InChI=1S/C14H30O.C4H6O6.H3O4P/c1-2-3-4-5-6-7-8-9-10-11-12-13-14-15;5-1(3(7)8)2(6)4(9)10;1-5(2,3)4/h15H,2-14H2,1H3;1-2,5-6H,(H,7,8)(H,9,10);(H3,1,2,3,4). The molecule has 0 heterocycles. The lowest BCUT2D eigenvalue weighted by Crippen LogP contribution is -2.39. The monoisotopic (exact) mass is 462 g/mol. The van der Waals surface area contributed by atoms with E-state index < -0.39 is 32.0 Å². The van der Waals surface area contributed by atoms with E-state index in [0.717, 1.165) is 6.42 Å². The van der Waals surface area contributed by atoms with Crippen molar-refractivity contribution in [2.45, 2.75) is 96.2 Å². The van der Waals surface area contributed by atoms with E-state index in [1.165, 1.54) is 70.6 Å². The summed E-state index contributed by atoms with van der Waals surface area (Å²) < 4.78 is 8.88. The summed E-state index contributed by atoms with van der Waals surface area (Å²) in [5.74, 6) is -3.54. The summed E-state index contributed by atoms with van der Waals surface area (Å²) in [5, 5.41) is 41.1. The van der Waals surface area contributed by atoms with Crippen molar-refractivity contribution < 1.29 is 54.4 Å². The van der Waals surface area contributed by atoms with E-state index in [-0.39, 0.29) is 0 Å². The SMILES string of the molecule is CCCCCCCCCCCCCCO.O=C(O)C(O)C(O)C(=O)O.O=P(O)(O)O. The van der Waals surface area contributed by atoms with Gasteiger partial charge in [0.25, 0.3) is 0 Å². The molecule has 0 aliphatic carbocycles. The molecule has 0 aliphatic rings. The number of aliphatic carboxylic acids is 2. The minimum absolute atomic E-state index is 0.372. The fourth-order valence-corrected chi connectivity index (χ4v) is 2.22. The zero-order valence-corrected chi connectivity index (χ0v) is 18.5. The highest BCUT2D eigenvalue weighted by atomic mass is 31.2. The molecule has 0 aliphatic heterocycles. The van der Waals surface area contributed by atoms with Crippen LogP contribution in [0.3, 0.4) is 0 Å². The number of carbonyl (C=O) groups is 2. The van der Waals surface area contributed by atoms with Gasteiger partial charge in [0.05, 0.1) is 0 Å². The fourth-order valence-electron chi connectivity index (χ4n) is 2.22. The Balaban J connectivity index is -0.000000417. The largest absolute Gasteiger partial charge is 0.479 e. The molecule has 11 nitrogen and oxygen atoms in total. The van der Waals surface area contributed by atoms with Crippen LogP contribution in [0.25, 0.3) is 0 Å². The highest BCUT2D eigenvalue weighted by molar-refractivity contribution is 7.45. The van der Waals surface area contributed by atoms with Crippen LogP contribution in [0.1, 0.15) is 84.0 Å². The number of rotatable bonds is 15. The summed E-state index contributed by atoms with van der Waals surface area (Å²) in [6.07, 6.45) is 11.7. The van der Waals surface area contributed by atoms with Gasteiger partial charge >= 0.3 is 19.8 Å². The number of hydrogen-bond donors (Lipinski definition) is 8. The Hall–Kier alpha value is -1.07. The summed E-state index contributed by atoms with van der Waals surface area (Å²) in [7, 11) is -4.64. The molecule has 2 unspecified atom stereocenters. The second-order valence-electron chi connectivity index (χ2n) is 6.69. The van der Waals surface area contributed by atoms with Gasteiger partial charge in [-0.1, -0.05) is 77.6 Å². The Morgan fingerprint density at radius 3 is 1.10 bits per heavy atom. The van der Waals surface area contributed by atoms with E-state index in [9.17, 15) is 9.59 Å². The first kappa shape index (κ1) is 33.6. The van der Waals surface area contributed by atoms with Crippen LogP contribution in [0, 0.1) is 0 Å². The molecule has 0 saturated carbocycles. The molecular weight excluding hydrogens is 423 g/mol. The Morgan fingerprint density at radius 2 is 0.900 bits per heavy atom. The van der Waals surface area contributed by atoms with Gasteiger partial charge in [-0.2, -0.15) is 0 Å². The normalized spacial score (nSPS) is 12.6. The van der Waals surface area contributed by atoms with Crippen molar-refractivity contribution in [1.82, 2.24) is 0 Å². The molecule has 2 atom stereocenters. The zero-order chi connectivity index (χ0) is 24.0. The summed E-state index contributed by atoms with van der Waals surface area (Å²) in [5.41, 5.74) is 0. The summed E-state index contributed by atoms with van der Waals surface area (Å²) in [6.45, 7) is 2.64. The van der Waals surface area contributed by atoms with E-state index in [2.05, 4.69) is 6.92 Å². The van der Waals surface area contributed by atoms with Gasteiger partial charge in [-0.15, -0.1) is 0 Å². The second kappa shape index (κ2) is 22.6. The van der Waals surface area contributed by atoms with Crippen molar-refractivity contribution in [3.8, 4) is 0 Å².